The minimum Gasteiger partial charge on any atom is -0.454 e. The quantitative estimate of drug-likeness (QED) is 0.804. The number of nitrogens with two attached hydrogens (primary N) is 1. The van der Waals surface area contributed by atoms with Crippen molar-refractivity contribution in [3.05, 3.63) is 23.8 Å². The molecule has 1 fully saturated rings. The summed E-state index contributed by atoms with van der Waals surface area (Å²) in [7, 11) is 0. The highest BCUT2D eigenvalue weighted by Gasteiger charge is 2.48. The van der Waals surface area contributed by atoms with Gasteiger partial charge in [0, 0.05) is 11.5 Å². The van der Waals surface area contributed by atoms with E-state index in [1.807, 2.05) is 18.2 Å². The molecular weight excluding hydrogens is 206 g/mol. The SMILES string of the molecule is NC(c1ccc2c(c1)OCO2)C1(CO)CC1. The van der Waals surface area contributed by atoms with Crippen LogP contribution in [0.3, 0.4) is 0 Å². The third-order valence-corrected chi connectivity index (χ3v) is 3.62. The molecule has 3 N–H and O–H groups in total. The lowest BCUT2D eigenvalue weighted by molar-refractivity contribution is 0.173. The zero-order valence-corrected chi connectivity index (χ0v) is 8.98. The fourth-order valence-corrected chi connectivity index (χ4v) is 2.19. The van der Waals surface area contributed by atoms with Crippen LogP contribution in [-0.2, 0) is 0 Å². The van der Waals surface area contributed by atoms with Gasteiger partial charge in [0.15, 0.2) is 11.5 Å². The largest absolute Gasteiger partial charge is 0.454 e. The van der Waals surface area contributed by atoms with Crippen LogP contribution in [0.25, 0.3) is 0 Å². The maximum absolute atomic E-state index is 9.35. The van der Waals surface area contributed by atoms with Crippen molar-refractivity contribution in [1.82, 2.24) is 0 Å². The first-order valence-corrected chi connectivity index (χ1v) is 5.51. The van der Waals surface area contributed by atoms with Crippen LogP contribution in [0.4, 0.5) is 0 Å². The van der Waals surface area contributed by atoms with Crippen molar-refractivity contribution in [3.8, 4) is 11.5 Å². The molecule has 4 nitrogen and oxygen atoms in total. The molecule has 1 aliphatic carbocycles. The first-order chi connectivity index (χ1) is 7.75. The number of aliphatic hydroxyl groups excluding tert-OH is 1. The number of aliphatic hydroxyl groups is 1. The van der Waals surface area contributed by atoms with Gasteiger partial charge in [0.05, 0.1) is 6.61 Å². The van der Waals surface area contributed by atoms with Crippen LogP contribution in [-0.4, -0.2) is 18.5 Å². The van der Waals surface area contributed by atoms with Gasteiger partial charge in [-0.25, -0.2) is 0 Å². The Labute approximate surface area is 94.0 Å². The van der Waals surface area contributed by atoms with Crippen molar-refractivity contribution in [2.45, 2.75) is 18.9 Å². The van der Waals surface area contributed by atoms with Gasteiger partial charge in [0.25, 0.3) is 0 Å². The lowest BCUT2D eigenvalue weighted by atomic mass is 9.91. The van der Waals surface area contributed by atoms with Gasteiger partial charge in [0.2, 0.25) is 6.79 Å². The molecule has 0 spiro atoms. The van der Waals surface area contributed by atoms with Crippen LogP contribution >= 0.6 is 0 Å². The maximum Gasteiger partial charge on any atom is 0.231 e. The van der Waals surface area contributed by atoms with Crippen molar-refractivity contribution in [2.75, 3.05) is 13.4 Å². The van der Waals surface area contributed by atoms with E-state index in [0.29, 0.717) is 0 Å². The van der Waals surface area contributed by atoms with E-state index in [1.165, 1.54) is 0 Å². The van der Waals surface area contributed by atoms with E-state index in [2.05, 4.69) is 0 Å². The van der Waals surface area contributed by atoms with Gasteiger partial charge in [-0.1, -0.05) is 6.07 Å². The van der Waals surface area contributed by atoms with Crippen LogP contribution in [0, 0.1) is 5.41 Å². The summed E-state index contributed by atoms with van der Waals surface area (Å²) in [5.41, 5.74) is 7.09. The summed E-state index contributed by atoms with van der Waals surface area (Å²) in [6.07, 6.45) is 2.00. The number of ether oxygens (including phenoxy) is 2. The minimum absolute atomic E-state index is 0.103. The number of hydrogen-bond acceptors (Lipinski definition) is 4. The second-order valence-electron chi connectivity index (χ2n) is 4.61. The molecule has 1 heterocycles. The van der Waals surface area contributed by atoms with E-state index in [1.54, 1.807) is 0 Å². The normalized spacial score (nSPS) is 21.9. The lowest BCUT2D eigenvalue weighted by Crippen LogP contribution is -2.25. The minimum atomic E-state index is -0.119. The van der Waals surface area contributed by atoms with Crippen molar-refractivity contribution in [2.24, 2.45) is 11.1 Å². The number of benzene rings is 1. The molecule has 1 aromatic rings. The Morgan fingerprint density at radius 1 is 1.31 bits per heavy atom. The van der Waals surface area contributed by atoms with Gasteiger partial charge >= 0.3 is 0 Å². The van der Waals surface area contributed by atoms with Gasteiger partial charge in [-0.3, -0.25) is 0 Å². The third-order valence-electron chi connectivity index (χ3n) is 3.62. The van der Waals surface area contributed by atoms with Crippen LogP contribution < -0.4 is 15.2 Å². The second-order valence-corrected chi connectivity index (χ2v) is 4.61. The summed E-state index contributed by atoms with van der Waals surface area (Å²) < 4.78 is 10.6. The zero-order chi connectivity index (χ0) is 11.2. The molecule has 3 rings (SSSR count). The molecule has 2 aliphatic rings. The summed E-state index contributed by atoms with van der Waals surface area (Å²) in [6.45, 7) is 0.432. The molecule has 1 aromatic carbocycles. The molecule has 16 heavy (non-hydrogen) atoms. The molecule has 0 amide bonds. The first kappa shape index (κ1) is 9.93. The molecular formula is C12H15NO3. The molecule has 1 saturated carbocycles. The van der Waals surface area contributed by atoms with E-state index >= 15 is 0 Å². The highest BCUT2D eigenvalue weighted by molar-refractivity contribution is 5.45. The van der Waals surface area contributed by atoms with Gasteiger partial charge in [-0.15, -0.1) is 0 Å². The molecule has 0 saturated heterocycles. The number of fused-ring (bicyclic) bond motifs is 1. The average Bonchev–Trinajstić information content (AvgIpc) is 2.98. The molecule has 86 valence electrons. The molecule has 0 bridgehead atoms. The van der Waals surface area contributed by atoms with Gasteiger partial charge in [0.1, 0.15) is 0 Å². The fraction of sp³-hybridized carbons (Fsp3) is 0.500. The van der Waals surface area contributed by atoms with E-state index in [-0.39, 0.29) is 24.9 Å². The molecule has 1 unspecified atom stereocenters. The maximum atomic E-state index is 9.35. The predicted octanol–water partition coefficient (Wildman–Crippen LogP) is 1.19. The van der Waals surface area contributed by atoms with Crippen LogP contribution in [0.15, 0.2) is 18.2 Å². The first-order valence-electron chi connectivity index (χ1n) is 5.51. The highest BCUT2D eigenvalue weighted by Crippen LogP contribution is 2.54. The lowest BCUT2D eigenvalue weighted by Gasteiger charge is -2.21. The Kier molecular flexibility index (Phi) is 2.09. The van der Waals surface area contributed by atoms with Gasteiger partial charge < -0.3 is 20.3 Å². The molecule has 0 radical (unpaired) electrons. The van der Waals surface area contributed by atoms with Crippen molar-refractivity contribution in [1.29, 1.82) is 0 Å². The van der Waals surface area contributed by atoms with E-state index in [9.17, 15) is 5.11 Å². The molecule has 4 heteroatoms. The Morgan fingerprint density at radius 3 is 2.75 bits per heavy atom. The van der Waals surface area contributed by atoms with Gasteiger partial charge in [-0.2, -0.15) is 0 Å². The monoisotopic (exact) mass is 221 g/mol. The molecule has 0 aromatic heterocycles. The summed E-state index contributed by atoms with van der Waals surface area (Å²) in [4.78, 5) is 0. The van der Waals surface area contributed by atoms with E-state index in [4.69, 9.17) is 15.2 Å². The Hall–Kier alpha value is -1.26. The Balaban J connectivity index is 1.89. The average molecular weight is 221 g/mol. The standard InChI is InChI=1S/C12H15NO3/c13-11(12(6-14)3-4-12)8-1-2-9-10(5-8)16-7-15-9/h1-2,5,11,14H,3-4,6-7,13H2. The van der Waals surface area contributed by atoms with Crippen LogP contribution in [0.1, 0.15) is 24.4 Å². The summed E-state index contributed by atoms with van der Waals surface area (Å²) in [5, 5.41) is 9.35. The summed E-state index contributed by atoms with van der Waals surface area (Å²) >= 11 is 0. The topological polar surface area (TPSA) is 64.7 Å². The highest BCUT2D eigenvalue weighted by atomic mass is 16.7. The number of rotatable bonds is 3. The van der Waals surface area contributed by atoms with Crippen molar-refractivity contribution in [3.63, 3.8) is 0 Å². The van der Waals surface area contributed by atoms with E-state index < -0.39 is 0 Å². The van der Waals surface area contributed by atoms with Crippen LogP contribution in [0.5, 0.6) is 11.5 Å². The summed E-state index contributed by atoms with van der Waals surface area (Å²) in [5.74, 6) is 1.52. The predicted molar refractivity (Wildman–Crippen MR) is 58.2 cm³/mol. The van der Waals surface area contributed by atoms with E-state index in [0.717, 1.165) is 29.9 Å². The Bertz CT molecular complexity index is 415. The Morgan fingerprint density at radius 2 is 2.06 bits per heavy atom. The van der Waals surface area contributed by atoms with Crippen LogP contribution in [0.2, 0.25) is 0 Å². The van der Waals surface area contributed by atoms with Crippen molar-refractivity contribution >= 4 is 0 Å². The van der Waals surface area contributed by atoms with Gasteiger partial charge in [-0.05, 0) is 30.5 Å². The summed E-state index contributed by atoms with van der Waals surface area (Å²) in [6, 6.07) is 5.63. The fourth-order valence-electron chi connectivity index (χ4n) is 2.19. The number of hydrogen-bond donors (Lipinski definition) is 2. The third kappa shape index (κ3) is 1.37. The molecule has 1 atom stereocenters. The van der Waals surface area contributed by atoms with Crippen molar-refractivity contribution < 1.29 is 14.6 Å². The molecule has 1 aliphatic heterocycles. The zero-order valence-electron chi connectivity index (χ0n) is 8.98. The smallest absolute Gasteiger partial charge is 0.231 e. The second kappa shape index (κ2) is 3.37.